The van der Waals surface area contributed by atoms with Crippen molar-refractivity contribution >= 4 is 16.9 Å². The van der Waals surface area contributed by atoms with Crippen LogP contribution in [0.2, 0.25) is 0 Å². The standard InChI is InChI=1S/C16H20N2O2/c1-16(2,3)18(11-15(19)20)10-13-9-8-12-6-4-5-7-14(12)17-13/h4-9H,10-11H2,1-3H3,(H,19,20). The number of hydrogen-bond acceptors (Lipinski definition) is 3. The largest absolute Gasteiger partial charge is 0.480 e. The second-order valence-corrected chi connectivity index (χ2v) is 5.92. The molecule has 0 unspecified atom stereocenters. The van der Waals surface area contributed by atoms with E-state index in [0.29, 0.717) is 6.54 Å². The van der Waals surface area contributed by atoms with Gasteiger partial charge >= 0.3 is 5.97 Å². The molecule has 0 fully saturated rings. The molecule has 0 spiro atoms. The minimum atomic E-state index is -0.819. The van der Waals surface area contributed by atoms with E-state index in [1.807, 2.05) is 62.1 Å². The Morgan fingerprint density at radius 2 is 1.90 bits per heavy atom. The average Bonchev–Trinajstić information content (AvgIpc) is 2.36. The maximum atomic E-state index is 11.0. The highest BCUT2D eigenvalue weighted by Gasteiger charge is 2.24. The summed E-state index contributed by atoms with van der Waals surface area (Å²) in [5.41, 5.74) is 1.61. The summed E-state index contributed by atoms with van der Waals surface area (Å²) in [5, 5.41) is 10.1. The van der Waals surface area contributed by atoms with E-state index < -0.39 is 5.97 Å². The van der Waals surface area contributed by atoms with E-state index in [2.05, 4.69) is 4.98 Å². The Morgan fingerprint density at radius 3 is 2.55 bits per heavy atom. The number of para-hydroxylation sites is 1. The predicted molar refractivity (Wildman–Crippen MR) is 79.5 cm³/mol. The Morgan fingerprint density at radius 1 is 1.20 bits per heavy atom. The highest BCUT2D eigenvalue weighted by atomic mass is 16.4. The summed E-state index contributed by atoms with van der Waals surface area (Å²) in [5.74, 6) is -0.819. The molecule has 106 valence electrons. The fourth-order valence-corrected chi connectivity index (χ4v) is 2.09. The molecule has 0 aliphatic carbocycles. The molecule has 1 N–H and O–H groups in total. The highest BCUT2D eigenvalue weighted by Crippen LogP contribution is 2.18. The van der Waals surface area contributed by atoms with Crippen LogP contribution in [-0.4, -0.2) is 33.0 Å². The van der Waals surface area contributed by atoms with Gasteiger partial charge in [-0.05, 0) is 32.9 Å². The molecule has 0 aliphatic rings. The number of carbonyl (C=O) groups is 1. The first-order valence-corrected chi connectivity index (χ1v) is 6.68. The van der Waals surface area contributed by atoms with E-state index >= 15 is 0 Å². The fourth-order valence-electron chi connectivity index (χ4n) is 2.09. The van der Waals surface area contributed by atoms with Crippen LogP contribution in [0.1, 0.15) is 26.5 Å². The quantitative estimate of drug-likeness (QED) is 0.929. The van der Waals surface area contributed by atoms with Crippen molar-refractivity contribution < 1.29 is 9.90 Å². The topological polar surface area (TPSA) is 53.4 Å². The van der Waals surface area contributed by atoms with Gasteiger partial charge in [-0.2, -0.15) is 0 Å². The Bertz CT molecular complexity index is 617. The summed E-state index contributed by atoms with van der Waals surface area (Å²) in [4.78, 5) is 17.5. The van der Waals surface area contributed by atoms with E-state index in [4.69, 9.17) is 5.11 Å². The second-order valence-electron chi connectivity index (χ2n) is 5.92. The van der Waals surface area contributed by atoms with Crippen molar-refractivity contribution in [1.82, 2.24) is 9.88 Å². The van der Waals surface area contributed by atoms with Gasteiger partial charge in [0.15, 0.2) is 0 Å². The van der Waals surface area contributed by atoms with Gasteiger partial charge in [0.1, 0.15) is 0 Å². The number of hydrogen-bond donors (Lipinski definition) is 1. The van der Waals surface area contributed by atoms with Crippen molar-refractivity contribution in [1.29, 1.82) is 0 Å². The number of benzene rings is 1. The molecule has 1 aromatic heterocycles. The molecule has 0 saturated carbocycles. The lowest BCUT2D eigenvalue weighted by molar-refractivity contribution is -0.139. The minimum absolute atomic E-state index is 0.0119. The Balaban J connectivity index is 2.26. The van der Waals surface area contributed by atoms with E-state index in [9.17, 15) is 4.79 Å². The SMILES string of the molecule is CC(C)(C)N(CC(=O)O)Cc1ccc2ccccc2n1. The molecule has 20 heavy (non-hydrogen) atoms. The van der Waals surface area contributed by atoms with Crippen molar-refractivity contribution in [2.24, 2.45) is 0 Å². The van der Waals surface area contributed by atoms with Gasteiger partial charge in [0.05, 0.1) is 17.8 Å². The predicted octanol–water partition coefficient (Wildman–Crippen LogP) is 2.92. The molecule has 0 radical (unpaired) electrons. The minimum Gasteiger partial charge on any atom is -0.480 e. The van der Waals surface area contributed by atoms with Gasteiger partial charge in [-0.25, -0.2) is 0 Å². The zero-order chi connectivity index (χ0) is 14.8. The highest BCUT2D eigenvalue weighted by molar-refractivity contribution is 5.78. The number of carboxylic acids is 1. The van der Waals surface area contributed by atoms with Crippen molar-refractivity contribution in [2.75, 3.05) is 6.54 Å². The van der Waals surface area contributed by atoms with Crippen LogP contribution < -0.4 is 0 Å². The summed E-state index contributed by atoms with van der Waals surface area (Å²) in [7, 11) is 0. The maximum Gasteiger partial charge on any atom is 0.317 e. The van der Waals surface area contributed by atoms with E-state index in [0.717, 1.165) is 16.6 Å². The van der Waals surface area contributed by atoms with E-state index in [-0.39, 0.29) is 12.1 Å². The lowest BCUT2D eigenvalue weighted by Gasteiger charge is -2.34. The summed E-state index contributed by atoms with van der Waals surface area (Å²) in [6.45, 7) is 6.57. The summed E-state index contributed by atoms with van der Waals surface area (Å²) >= 11 is 0. The number of carboxylic acid groups (broad SMARTS) is 1. The number of aromatic nitrogens is 1. The Kier molecular flexibility index (Phi) is 4.04. The number of pyridine rings is 1. The van der Waals surface area contributed by atoms with Crippen molar-refractivity contribution in [2.45, 2.75) is 32.9 Å². The van der Waals surface area contributed by atoms with Crippen LogP contribution in [0.25, 0.3) is 10.9 Å². The van der Waals surface area contributed by atoms with Crippen LogP contribution in [0, 0.1) is 0 Å². The van der Waals surface area contributed by atoms with Gasteiger partial charge in [-0.1, -0.05) is 24.3 Å². The van der Waals surface area contributed by atoms with Crippen molar-refractivity contribution in [3.05, 3.63) is 42.1 Å². The molecule has 4 nitrogen and oxygen atoms in total. The van der Waals surface area contributed by atoms with Gasteiger partial charge in [-0.15, -0.1) is 0 Å². The number of aliphatic carboxylic acids is 1. The molecule has 4 heteroatoms. The first kappa shape index (κ1) is 14.5. The van der Waals surface area contributed by atoms with Crippen LogP contribution in [0.5, 0.6) is 0 Å². The van der Waals surface area contributed by atoms with Gasteiger partial charge in [0.25, 0.3) is 0 Å². The Hall–Kier alpha value is -1.94. The molecule has 0 bridgehead atoms. The molecule has 0 amide bonds. The van der Waals surface area contributed by atoms with Gasteiger partial charge in [0, 0.05) is 17.5 Å². The molecule has 0 atom stereocenters. The molecule has 2 aromatic rings. The van der Waals surface area contributed by atoms with Gasteiger partial charge in [0.2, 0.25) is 0 Å². The third kappa shape index (κ3) is 3.54. The second kappa shape index (κ2) is 5.59. The van der Waals surface area contributed by atoms with Crippen LogP contribution in [-0.2, 0) is 11.3 Å². The Labute approximate surface area is 119 Å². The molecular weight excluding hydrogens is 252 g/mol. The fraction of sp³-hybridized carbons (Fsp3) is 0.375. The zero-order valence-electron chi connectivity index (χ0n) is 12.1. The summed E-state index contributed by atoms with van der Waals surface area (Å²) in [6.07, 6.45) is 0. The number of nitrogens with zero attached hydrogens (tertiary/aromatic N) is 2. The lowest BCUT2D eigenvalue weighted by atomic mass is 10.1. The molecule has 1 heterocycles. The summed E-state index contributed by atoms with van der Waals surface area (Å²) in [6, 6.07) is 11.9. The molecule has 0 aliphatic heterocycles. The lowest BCUT2D eigenvalue weighted by Crippen LogP contribution is -2.43. The third-order valence-electron chi connectivity index (χ3n) is 3.28. The summed E-state index contributed by atoms with van der Waals surface area (Å²) < 4.78 is 0. The smallest absolute Gasteiger partial charge is 0.317 e. The van der Waals surface area contributed by atoms with Crippen molar-refractivity contribution in [3.8, 4) is 0 Å². The molecule has 0 saturated heterocycles. The normalized spacial score (nSPS) is 12.0. The van der Waals surface area contributed by atoms with E-state index in [1.165, 1.54) is 0 Å². The van der Waals surface area contributed by atoms with Crippen LogP contribution in [0.3, 0.4) is 0 Å². The van der Waals surface area contributed by atoms with Gasteiger partial charge < -0.3 is 5.11 Å². The number of fused-ring (bicyclic) bond motifs is 1. The average molecular weight is 272 g/mol. The third-order valence-corrected chi connectivity index (χ3v) is 3.28. The first-order valence-electron chi connectivity index (χ1n) is 6.68. The van der Waals surface area contributed by atoms with Crippen molar-refractivity contribution in [3.63, 3.8) is 0 Å². The first-order chi connectivity index (χ1) is 9.36. The van der Waals surface area contributed by atoms with Crippen LogP contribution >= 0.6 is 0 Å². The maximum absolute atomic E-state index is 11.0. The molecular formula is C16H20N2O2. The monoisotopic (exact) mass is 272 g/mol. The van der Waals surface area contributed by atoms with E-state index in [1.54, 1.807) is 0 Å². The zero-order valence-corrected chi connectivity index (χ0v) is 12.1. The number of rotatable bonds is 4. The molecule has 1 aromatic carbocycles. The van der Waals surface area contributed by atoms with Gasteiger partial charge in [-0.3, -0.25) is 14.7 Å². The molecule has 2 rings (SSSR count). The van der Waals surface area contributed by atoms with Crippen LogP contribution in [0.4, 0.5) is 0 Å². The van der Waals surface area contributed by atoms with Crippen LogP contribution in [0.15, 0.2) is 36.4 Å².